The van der Waals surface area contributed by atoms with Crippen LogP contribution in [-0.2, 0) is 13.1 Å². The molecule has 33 heavy (non-hydrogen) atoms. The third kappa shape index (κ3) is 8.08. The van der Waals surface area contributed by atoms with Gasteiger partial charge in [0.15, 0.2) is 0 Å². The molecule has 0 aliphatic carbocycles. The first-order valence-corrected chi connectivity index (χ1v) is 13.9. The molecule has 0 fully saturated rings. The van der Waals surface area contributed by atoms with Crippen molar-refractivity contribution in [3.8, 4) is 0 Å². The van der Waals surface area contributed by atoms with E-state index in [0.717, 1.165) is 34.2 Å². The number of aliphatic imine (C=N–C) groups is 2. The van der Waals surface area contributed by atoms with Crippen LogP contribution in [0.3, 0.4) is 0 Å². The zero-order chi connectivity index (χ0) is 24.4. The molecule has 0 aliphatic rings. The van der Waals surface area contributed by atoms with Crippen LogP contribution in [-0.4, -0.2) is 16.4 Å². The normalized spacial score (nSPS) is 12.2. The van der Waals surface area contributed by atoms with E-state index in [1.165, 1.54) is 11.1 Å². The Hall–Kier alpha value is -1.97. The molecule has 3 rings (SSSR count). The fraction of sp³-hybridized carbons (Fsp3) is 0.296. The van der Waals surface area contributed by atoms with E-state index < -0.39 is 0 Å². The molecule has 0 amide bonds. The van der Waals surface area contributed by atoms with Gasteiger partial charge in [-0.15, -0.1) is 0 Å². The van der Waals surface area contributed by atoms with E-state index in [1.54, 1.807) is 0 Å². The van der Waals surface area contributed by atoms with Crippen LogP contribution in [0.15, 0.2) is 76.7 Å². The van der Waals surface area contributed by atoms with Gasteiger partial charge in [0.05, 0.1) is 34.2 Å². The summed E-state index contributed by atoms with van der Waals surface area (Å²) in [5.74, 6) is 0.847. The predicted octanol–water partition coefficient (Wildman–Crippen LogP) is 8.99. The maximum absolute atomic E-state index is 4.89. The Morgan fingerprint density at radius 2 is 1.03 bits per heavy atom. The first kappa shape index (κ1) is 27.3. The summed E-state index contributed by atoms with van der Waals surface area (Å²) >= 11 is 0.194. The van der Waals surface area contributed by atoms with E-state index in [1.807, 2.05) is 44.2 Å². The number of pyridine rings is 1. The van der Waals surface area contributed by atoms with Crippen molar-refractivity contribution in [3.05, 3.63) is 89.2 Å². The number of halogens is 2. The molecule has 1 aromatic heterocycles. The first-order valence-electron chi connectivity index (χ1n) is 10.9. The van der Waals surface area contributed by atoms with Gasteiger partial charge in [-0.25, -0.2) is 4.98 Å². The molecule has 0 bridgehead atoms. The van der Waals surface area contributed by atoms with Crippen molar-refractivity contribution in [1.82, 2.24) is 4.98 Å². The van der Waals surface area contributed by atoms with Gasteiger partial charge >= 0.3 is 33.3 Å². The van der Waals surface area contributed by atoms with Crippen LogP contribution in [0.5, 0.6) is 0 Å². The summed E-state index contributed by atoms with van der Waals surface area (Å²) in [6, 6.07) is 22.7. The monoisotopic (exact) mass is 523 g/mol. The molecule has 2 aromatic carbocycles. The standard InChI is InChI=1S/C27H31N3.2ClH.Fe/c1-18(2)22-12-7-9-14-26(22)28-20(5)24-16-11-17-25(30-24)21(6)29-27-15-10-8-13-23(27)19(3)4;;;/h7-19H,1-6H3;2*1H;/q;;;+2/p-2. The molecule has 0 N–H and O–H groups in total. The van der Waals surface area contributed by atoms with Crippen molar-refractivity contribution >= 4 is 43.0 Å². The molecule has 3 aromatic rings. The Kier molecular flexibility index (Phi) is 11.3. The van der Waals surface area contributed by atoms with Gasteiger partial charge in [0, 0.05) is 0 Å². The molecular weight excluding hydrogens is 493 g/mol. The minimum atomic E-state index is 0.194. The minimum absolute atomic E-state index is 0.194. The van der Waals surface area contributed by atoms with E-state index >= 15 is 0 Å². The molecule has 0 unspecified atom stereocenters. The van der Waals surface area contributed by atoms with Gasteiger partial charge in [-0.2, -0.15) is 0 Å². The van der Waals surface area contributed by atoms with Crippen molar-refractivity contribution < 1.29 is 13.1 Å². The summed E-state index contributed by atoms with van der Waals surface area (Å²) < 4.78 is 0. The summed E-state index contributed by atoms with van der Waals surface area (Å²) in [7, 11) is 9.53. The average molecular weight is 524 g/mol. The fourth-order valence-corrected chi connectivity index (χ4v) is 3.47. The van der Waals surface area contributed by atoms with Crippen LogP contribution in [0.1, 0.15) is 75.9 Å². The summed E-state index contributed by atoms with van der Waals surface area (Å²) in [4.78, 5) is 14.6. The van der Waals surface area contributed by atoms with E-state index in [0.29, 0.717) is 11.8 Å². The van der Waals surface area contributed by atoms with Crippen LogP contribution in [0.25, 0.3) is 0 Å². The summed E-state index contributed by atoms with van der Waals surface area (Å²) in [6.45, 7) is 12.8. The molecule has 0 saturated heterocycles. The number of para-hydroxylation sites is 2. The summed E-state index contributed by atoms with van der Waals surface area (Å²) in [5, 5.41) is 0. The molecule has 0 aliphatic heterocycles. The van der Waals surface area contributed by atoms with E-state index in [-0.39, 0.29) is 13.1 Å². The second kappa shape index (κ2) is 13.7. The molecule has 6 heteroatoms. The molecular formula is C27H31Cl2FeN3. The predicted molar refractivity (Wildman–Crippen MR) is 141 cm³/mol. The Morgan fingerprint density at radius 3 is 1.39 bits per heavy atom. The van der Waals surface area contributed by atoms with Crippen LogP contribution in [0.4, 0.5) is 11.4 Å². The number of nitrogens with zero attached hydrogens (tertiary/aromatic N) is 3. The van der Waals surface area contributed by atoms with Gasteiger partial charge in [0.25, 0.3) is 0 Å². The second-order valence-corrected chi connectivity index (χ2v) is 10.1. The van der Waals surface area contributed by atoms with Gasteiger partial charge in [-0.3, -0.25) is 9.98 Å². The van der Waals surface area contributed by atoms with Gasteiger partial charge in [0.2, 0.25) is 0 Å². The fourth-order valence-electron chi connectivity index (χ4n) is 3.47. The van der Waals surface area contributed by atoms with E-state index in [9.17, 15) is 0 Å². The quantitative estimate of drug-likeness (QED) is 0.234. The van der Waals surface area contributed by atoms with Gasteiger partial charge in [-0.05, 0) is 61.1 Å². The van der Waals surface area contributed by atoms with Gasteiger partial charge in [-0.1, -0.05) is 70.2 Å². The Labute approximate surface area is 213 Å². The number of benzene rings is 2. The molecule has 3 nitrogen and oxygen atoms in total. The number of rotatable bonds is 6. The van der Waals surface area contributed by atoms with Crippen molar-refractivity contribution in [3.63, 3.8) is 0 Å². The third-order valence-corrected chi connectivity index (χ3v) is 5.18. The zero-order valence-corrected chi connectivity index (χ0v) is 22.6. The maximum atomic E-state index is 4.89. The van der Waals surface area contributed by atoms with Crippen molar-refractivity contribution in [2.24, 2.45) is 9.98 Å². The van der Waals surface area contributed by atoms with Crippen LogP contribution in [0, 0.1) is 0 Å². The van der Waals surface area contributed by atoms with E-state index in [2.05, 4.69) is 64.1 Å². The van der Waals surface area contributed by atoms with E-state index in [4.69, 9.17) is 35.2 Å². The van der Waals surface area contributed by atoms with Crippen LogP contribution >= 0.6 is 20.2 Å². The first-order chi connectivity index (χ1) is 15.8. The SMILES string of the molecule is CC(=Nc1ccccc1C(C)C)c1cccc(C(C)=Nc2ccccc2C(C)C)n1.[Cl][Fe][Cl]. The molecule has 0 saturated carbocycles. The summed E-state index contributed by atoms with van der Waals surface area (Å²) in [6.07, 6.45) is 0. The van der Waals surface area contributed by atoms with Crippen molar-refractivity contribution in [2.45, 2.75) is 53.4 Å². The van der Waals surface area contributed by atoms with Crippen molar-refractivity contribution in [1.29, 1.82) is 0 Å². The third-order valence-electron chi connectivity index (χ3n) is 5.18. The Balaban J connectivity index is 0.00000122. The van der Waals surface area contributed by atoms with Crippen molar-refractivity contribution in [2.75, 3.05) is 0 Å². The second-order valence-electron chi connectivity index (χ2n) is 8.28. The molecule has 176 valence electrons. The van der Waals surface area contributed by atoms with Gasteiger partial charge < -0.3 is 0 Å². The molecule has 0 radical (unpaired) electrons. The Bertz CT molecular complexity index is 1030. The van der Waals surface area contributed by atoms with Crippen LogP contribution in [0.2, 0.25) is 0 Å². The average Bonchev–Trinajstić information content (AvgIpc) is 2.80. The molecule has 0 atom stereocenters. The Morgan fingerprint density at radius 1 is 0.667 bits per heavy atom. The van der Waals surface area contributed by atoms with Gasteiger partial charge in [0.1, 0.15) is 0 Å². The molecule has 1 heterocycles. The number of aromatic nitrogens is 1. The summed E-state index contributed by atoms with van der Waals surface area (Å²) in [5.41, 5.74) is 8.06. The van der Waals surface area contributed by atoms with Crippen LogP contribution < -0.4 is 0 Å². The number of hydrogen-bond acceptors (Lipinski definition) is 3. The zero-order valence-electron chi connectivity index (χ0n) is 20.0. The molecule has 0 spiro atoms. The topological polar surface area (TPSA) is 37.6 Å². The number of hydrogen-bond donors (Lipinski definition) is 0.